The number of aromatic amines is 1. The lowest BCUT2D eigenvalue weighted by Crippen LogP contribution is -2.53. The van der Waals surface area contributed by atoms with E-state index in [1.54, 1.807) is 4.90 Å². The van der Waals surface area contributed by atoms with Gasteiger partial charge in [0.25, 0.3) is 5.91 Å². The van der Waals surface area contributed by atoms with Gasteiger partial charge in [0.2, 0.25) is 0 Å². The minimum Gasteiger partial charge on any atom is -0.493 e. The molecule has 2 fully saturated rings. The molecule has 25 heavy (non-hydrogen) atoms. The number of ether oxygens (including phenoxy) is 1. The zero-order valence-electron chi connectivity index (χ0n) is 14.8. The second-order valence-corrected chi connectivity index (χ2v) is 7.31. The van der Waals surface area contributed by atoms with Crippen molar-refractivity contribution in [2.24, 2.45) is 5.92 Å². The molecule has 2 heterocycles. The third kappa shape index (κ3) is 3.14. The Morgan fingerprint density at radius 3 is 2.96 bits per heavy atom. The zero-order valence-corrected chi connectivity index (χ0v) is 14.8. The summed E-state index contributed by atoms with van der Waals surface area (Å²) in [5.74, 6) is 1.41. The largest absolute Gasteiger partial charge is 0.493 e. The molecule has 1 aliphatic heterocycles. The highest BCUT2D eigenvalue weighted by atomic mass is 16.5. The van der Waals surface area contributed by atoms with Gasteiger partial charge in [-0.1, -0.05) is 6.58 Å². The van der Waals surface area contributed by atoms with Gasteiger partial charge in [0.05, 0.1) is 12.1 Å². The molecular formula is C19H24N4O2. The second kappa shape index (κ2) is 6.19. The Kier molecular flexibility index (Phi) is 4.00. The molecule has 1 aliphatic carbocycles. The number of nitrogens with zero attached hydrogens (tertiary/aromatic N) is 3. The van der Waals surface area contributed by atoms with E-state index < -0.39 is 0 Å². The lowest BCUT2D eigenvalue weighted by atomic mass is 9.98. The summed E-state index contributed by atoms with van der Waals surface area (Å²) in [5.41, 5.74) is 2.47. The van der Waals surface area contributed by atoms with Gasteiger partial charge in [0.15, 0.2) is 5.69 Å². The van der Waals surface area contributed by atoms with Crippen LogP contribution in [0.4, 0.5) is 0 Å². The SMILES string of the molecule is C=C1CN(C)[C@@H]1CN(C)C(=O)c1n[nH]c2ccc(OCC3CC3)cc12. The number of rotatable bonds is 6. The van der Waals surface area contributed by atoms with E-state index in [1.807, 2.05) is 32.3 Å². The summed E-state index contributed by atoms with van der Waals surface area (Å²) in [6.45, 7) is 6.33. The molecule has 2 aromatic rings. The van der Waals surface area contributed by atoms with Crippen LogP contribution in [0, 0.1) is 5.92 Å². The van der Waals surface area contributed by atoms with Gasteiger partial charge in [0, 0.05) is 31.6 Å². The number of nitrogens with one attached hydrogen (secondary N) is 1. The number of carbonyl (C=O) groups excluding carboxylic acids is 1. The molecular weight excluding hydrogens is 316 g/mol. The molecule has 4 rings (SSSR count). The second-order valence-electron chi connectivity index (χ2n) is 7.31. The number of likely N-dealkylation sites (tertiary alicyclic amines) is 1. The molecule has 132 valence electrons. The van der Waals surface area contributed by atoms with Gasteiger partial charge >= 0.3 is 0 Å². The van der Waals surface area contributed by atoms with E-state index in [1.165, 1.54) is 18.4 Å². The fourth-order valence-electron chi connectivity index (χ4n) is 3.27. The zero-order chi connectivity index (χ0) is 17.6. The van der Waals surface area contributed by atoms with E-state index in [-0.39, 0.29) is 11.9 Å². The highest BCUT2D eigenvalue weighted by Crippen LogP contribution is 2.30. The van der Waals surface area contributed by atoms with Gasteiger partial charge < -0.3 is 9.64 Å². The molecule has 6 nitrogen and oxygen atoms in total. The topological polar surface area (TPSA) is 61.5 Å². The molecule has 6 heteroatoms. The van der Waals surface area contributed by atoms with Crippen molar-refractivity contribution in [3.05, 3.63) is 36.0 Å². The molecule has 0 bridgehead atoms. The number of fused-ring (bicyclic) bond motifs is 1. The van der Waals surface area contributed by atoms with Crippen LogP contribution in [0.15, 0.2) is 30.4 Å². The van der Waals surface area contributed by atoms with Crippen LogP contribution < -0.4 is 4.74 Å². The molecule has 0 radical (unpaired) electrons. The predicted molar refractivity (Wildman–Crippen MR) is 96.8 cm³/mol. The lowest BCUT2D eigenvalue weighted by Gasteiger charge is -2.42. The number of hydrogen-bond acceptors (Lipinski definition) is 4. The van der Waals surface area contributed by atoms with Crippen molar-refractivity contribution < 1.29 is 9.53 Å². The third-order valence-corrected chi connectivity index (χ3v) is 5.17. The Morgan fingerprint density at radius 1 is 1.48 bits per heavy atom. The number of benzene rings is 1. The first kappa shape index (κ1) is 16.1. The van der Waals surface area contributed by atoms with E-state index in [0.717, 1.165) is 29.8 Å². The molecule has 1 saturated carbocycles. The summed E-state index contributed by atoms with van der Waals surface area (Å²) in [6.07, 6.45) is 2.51. The van der Waals surface area contributed by atoms with Crippen LogP contribution in [-0.2, 0) is 0 Å². The van der Waals surface area contributed by atoms with Crippen LogP contribution in [0.5, 0.6) is 5.75 Å². The van der Waals surface area contributed by atoms with E-state index in [2.05, 4.69) is 21.7 Å². The van der Waals surface area contributed by atoms with Gasteiger partial charge in [-0.2, -0.15) is 5.10 Å². The Labute approximate surface area is 147 Å². The molecule has 1 N–H and O–H groups in total. The van der Waals surface area contributed by atoms with E-state index in [9.17, 15) is 4.79 Å². The number of likely N-dealkylation sites (N-methyl/N-ethyl adjacent to an activating group) is 2. The molecule has 0 unspecified atom stereocenters. The smallest absolute Gasteiger partial charge is 0.274 e. The molecule has 1 aromatic carbocycles. The molecule has 1 aromatic heterocycles. The first-order valence-electron chi connectivity index (χ1n) is 8.77. The van der Waals surface area contributed by atoms with Gasteiger partial charge in [-0.15, -0.1) is 0 Å². The summed E-state index contributed by atoms with van der Waals surface area (Å²) in [4.78, 5) is 16.8. The minimum absolute atomic E-state index is 0.0845. The fraction of sp³-hybridized carbons (Fsp3) is 0.474. The van der Waals surface area contributed by atoms with Gasteiger partial charge in [-0.25, -0.2) is 0 Å². The normalized spacial score (nSPS) is 20.6. The Hall–Kier alpha value is -2.34. The fourth-order valence-corrected chi connectivity index (χ4v) is 3.27. The lowest BCUT2D eigenvalue weighted by molar-refractivity contribution is 0.0724. The van der Waals surface area contributed by atoms with Crippen LogP contribution in [-0.4, -0.2) is 65.7 Å². The number of aromatic nitrogens is 2. The number of hydrogen-bond donors (Lipinski definition) is 1. The molecule has 1 atom stereocenters. The summed E-state index contributed by atoms with van der Waals surface area (Å²) in [6, 6.07) is 5.99. The van der Waals surface area contributed by atoms with Crippen LogP contribution in [0.1, 0.15) is 23.3 Å². The Bertz CT molecular complexity index is 824. The van der Waals surface area contributed by atoms with Crippen LogP contribution in [0.2, 0.25) is 0 Å². The monoisotopic (exact) mass is 340 g/mol. The maximum atomic E-state index is 12.9. The summed E-state index contributed by atoms with van der Waals surface area (Å²) < 4.78 is 5.84. The van der Waals surface area contributed by atoms with Gasteiger partial charge in [-0.3, -0.25) is 14.8 Å². The highest BCUT2D eigenvalue weighted by molar-refractivity contribution is 6.04. The highest BCUT2D eigenvalue weighted by Gasteiger charge is 2.31. The van der Waals surface area contributed by atoms with Crippen LogP contribution in [0.3, 0.4) is 0 Å². The quantitative estimate of drug-likeness (QED) is 0.820. The average molecular weight is 340 g/mol. The number of amides is 1. The van der Waals surface area contributed by atoms with Crippen molar-refractivity contribution >= 4 is 16.8 Å². The minimum atomic E-state index is -0.0845. The summed E-state index contributed by atoms with van der Waals surface area (Å²) >= 11 is 0. The number of H-pyrrole nitrogens is 1. The van der Waals surface area contributed by atoms with Crippen molar-refractivity contribution in [1.82, 2.24) is 20.0 Å². The van der Waals surface area contributed by atoms with Crippen molar-refractivity contribution in [1.29, 1.82) is 0 Å². The molecule has 0 spiro atoms. The van der Waals surface area contributed by atoms with Crippen LogP contribution >= 0.6 is 0 Å². The molecule has 1 saturated heterocycles. The Morgan fingerprint density at radius 2 is 2.28 bits per heavy atom. The maximum absolute atomic E-state index is 12.9. The average Bonchev–Trinajstić information content (AvgIpc) is 3.35. The van der Waals surface area contributed by atoms with Crippen molar-refractivity contribution in [2.45, 2.75) is 18.9 Å². The van der Waals surface area contributed by atoms with E-state index in [4.69, 9.17) is 4.74 Å². The summed E-state index contributed by atoms with van der Waals surface area (Å²) in [7, 11) is 3.86. The first-order chi connectivity index (χ1) is 12.0. The van der Waals surface area contributed by atoms with Gasteiger partial charge in [-0.05, 0) is 49.6 Å². The van der Waals surface area contributed by atoms with E-state index in [0.29, 0.717) is 18.2 Å². The number of carbonyl (C=O) groups is 1. The van der Waals surface area contributed by atoms with Crippen molar-refractivity contribution in [2.75, 3.05) is 33.8 Å². The van der Waals surface area contributed by atoms with Crippen LogP contribution in [0.25, 0.3) is 10.9 Å². The maximum Gasteiger partial charge on any atom is 0.274 e. The third-order valence-electron chi connectivity index (χ3n) is 5.17. The van der Waals surface area contributed by atoms with Gasteiger partial charge in [0.1, 0.15) is 5.75 Å². The Balaban J connectivity index is 1.51. The first-order valence-corrected chi connectivity index (χ1v) is 8.77. The predicted octanol–water partition coefficient (Wildman–Crippen LogP) is 2.29. The van der Waals surface area contributed by atoms with Crippen molar-refractivity contribution in [3.63, 3.8) is 0 Å². The van der Waals surface area contributed by atoms with Crippen molar-refractivity contribution in [3.8, 4) is 5.75 Å². The molecule has 1 amide bonds. The molecule has 2 aliphatic rings. The standard InChI is InChI=1S/C19H24N4O2/c1-12-9-22(2)17(12)10-23(3)19(24)18-15-8-14(25-11-13-4-5-13)6-7-16(15)20-21-18/h6-8,13,17H,1,4-5,9-11H2,2-3H3,(H,20,21)/t17-/m1/s1. The summed E-state index contributed by atoms with van der Waals surface area (Å²) in [5, 5.41) is 8.00. The van der Waals surface area contributed by atoms with E-state index >= 15 is 0 Å².